The SMILES string of the molecule is COc1cc(-c2ccc(-c3ccccc3)nc2)cc(OC)c1OC. The van der Waals surface area contributed by atoms with Gasteiger partial charge in [-0.3, -0.25) is 4.98 Å². The Morgan fingerprint density at radius 2 is 1.33 bits per heavy atom. The second-order valence-corrected chi connectivity index (χ2v) is 5.21. The van der Waals surface area contributed by atoms with Crippen LogP contribution >= 0.6 is 0 Å². The minimum absolute atomic E-state index is 0.581. The highest BCUT2D eigenvalue weighted by molar-refractivity contribution is 5.72. The lowest BCUT2D eigenvalue weighted by molar-refractivity contribution is 0.324. The van der Waals surface area contributed by atoms with E-state index in [1.165, 1.54) is 0 Å². The molecule has 3 aromatic rings. The first-order chi connectivity index (χ1) is 11.8. The molecule has 0 radical (unpaired) electrons. The van der Waals surface area contributed by atoms with Gasteiger partial charge in [-0.25, -0.2) is 0 Å². The summed E-state index contributed by atoms with van der Waals surface area (Å²) < 4.78 is 16.2. The van der Waals surface area contributed by atoms with Crippen LogP contribution in [0.3, 0.4) is 0 Å². The van der Waals surface area contributed by atoms with E-state index in [1.807, 2.05) is 60.8 Å². The average molecular weight is 321 g/mol. The molecule has 0 fully saturated rings. The number of methoxy groups -OCH3 is 3. The highest BCUT2D eigenvalue weighted by atomic mass is 16.5. The number of nitrogens with zero attached hydrogens (tertiary/aromatic N) is 1. The third-order valence-corrected chi connectivity index (χ3v) is 3.83. The van der Waals surface area contributed by atoms with Crippen molar-refractivity contribution in [2.24, 2.45) is 0 Å². The number of ether oxygens (including phenoxy) is 3. The summed E-state index contributed by atoms with van der Waals surface area (Å²) in [5.74, 6) is 1.83. The van der Waals surface area contributed by atoms with Crippen LogP contribution in [-0.4, -0.2) is 26.3 Å². The first-order valence-corrected chi connectivity index (χ1v) is 7.58. The van der Waals surface area contributed by atoms with Crippen LogP contribution in [0.15, 0.2) is 60.8 Å². The van der Waals surface area contributed by atoms with Crippen molar-refractivity contribution in [3.8, 4) is 39.6 Å². The molecule has 0 saturated carbocycles. The molecule has 4 heteroatoms. The molecule has 24 heavy (non-hydrogen) atoms. The molecule has 122 valence electrons. The first-order valence-electron chi connectivity index (χ1n) is 7.58. The Morgan fingerprint density at radius 3 is 1.83 bits per heavy atom. The molecule has 0 bridgehead atoms. The van der Waals surface area contributed by atoms with Gasteiger partial charge in [0.15, 0.2) is 11.5 Å². The van der Waals surface area contributed by atoms with E-state index in [-0.39, 0.29) is 0 Å². The van der Waals surface area contributed by atoms with Crippen molar-refractivity contribution >= 4 is 0 Å². The van der Waals surface area contributed by atoms with E-state index in [0.29, 0.717) is 17.2 Å². The van der Waals surface area contributed by atoms with Gasteiger partial charge in [0.25, 0.3) is 0 Å². The van der Waals surface area contributed by atoms with Gasteiger partial charge in [-0.15, -0.1) is 0 Å². The molecule has 0 spiro atoms. The number of hydrogen-bond acceptors (Lipinski definition) is 4. The summed E-state index contributed by atoms with van der Waals surface area (Å²) in [7, 11) is 4.81. The van der Waals surface area contributed by atoms with Crippen LogP contribution in [0.2, 0.25) is 0 Å². The van der Waals surface area contributed by atoms with E-state index in [1.54, 1.807) is 21.3 Å². The Hall–Kier alpha value is -3.01. The molecule has 0 aliphatic heterocycles. The van der Waals surface area contributed by atoms with Gasteiger partial charge in [-0.2, -0.15) is 0 Å². The molecule has 4 nitrogen and oxygen atoms in total. The minimum Gasteiger partial charge on any atom is -0.493 e. The van der Waals surface area contributed by atoms with Crippen LogP contribution in [-0.2, 0) is 0 Å². The van der Waals surface area contributed by atoms with Crippen molar-refractivity contribution in [3.63, 3.8) is 0 Å². The van der Waals surface area contributed by atoms with E-state index in [2.05, 4.69) is 4.98 Å². The van der Waals surface area contributed by atoms with Gasteiger partial charge in [-0.05, 0) is 23.8 Å². The number of hydrogen-bond donors (Lipinski definition) is 0. The van der Waals surface area contributed by atoms with Crippen LogP contribution in [0.25, 0.3) is 22.4 Å². The number of benzene rings is 2. The van der Waals surface area contributed by atoms with Crippen molar-refractivity contribution in [1.29, 1.82) is 0 Å². The highest BCUT2D eigenvalue weighted by Crippen LogP contribution is 2.41. The topological polar surface area (TPSA) is 40.6 Å². The molecule has 0 aliphatic rings. The predicted molar refractivity (Wildman–Crippen MR) is 94.8 cm³/mol. The Bertz CT molecular complexity index is 789. The lowest BCUT2D eigenvalue weighted by Gasteiger charge is -2.14. The molecule has 0 amide bonds. The minimum atomic E-state index is 0.581. The molecule has 3 rings (SSSR count). The van der Waals surface area contributed by atoms with Crippen LogP contribution < -0.4 is 14.2 Å². The molecule has 0 aliphatic carbocycles. The van der Waals surface area contributed by atoms with Crippen LogP contribution in [0.1, 0.15) is 0 Å². The van der Waals surface area contributed by atoms with E-state index >= 15 is 0 Å². The summed E-state index contributed by atoms with van der Waals surface area (Å²) in [4.78, 5) is 4.57. The van der Waals surface area contributed by atoms with E-state index in [4.69, 9.17) is 14.2 Å². The smallest absolute Gasteiger partial charge is 0.203 e. The summed E-state index contributed by atoms with van der Waals surface area (Å²) >= 11 is 0. The van der Waals surface area contributed by atoms with E-state index in [9.17, 15) is 0 Å². The monoisotopic (exact) mass is 321 g/mol. The number of pyridine rings is 1. The molecule has 1 heterocycles. The molecule has 0 N–H and O–H groups in total. The fraction of sp³-hybridized carbons (Fsp3) is 0.150. The van der Waals surface area contributed by atoms with Gasteiger partial charge >= 0.3 is 0 Å². The summed E-state index contributed by atoms with van der Waals surface area (Å²) in [6.45, 7) is 0. The Labute approximate surface area is 141 Å². The maximum Gasteiger partial charge on any atom is 0.203 e. The Morgan fingerprint density at radius 1 is 0.667 bits per heavy atom. The van der Waals surface area contributed by atoms with E-state index < -0.39 is 0 Å². The van der Waals surface area contributed by atoms with Crippen molar-refractivity contribution < 1.29 is 14.2 Å². The van der Waals surface area contributed by atoms with Crippen molar-refractivity contribution in [3.05, 3.63) is 60.8 Å². The Kier molecular flexibility index (Phi) is 4.66. The zero-order chi connectivity index (χ0) is 16.9. The Balaban J connectivity index is 2.00. The normalized spacial score (nSPS) is 10.3. The summed E-state index contributed by atoms with van der Waals surface area (Å²) in [5.41, 5.74) is 3.96. The third-order valence-electron chi connectivity index (χ3n) is 3.83. The van der Waals surface area contributed by atoms with Gasteiger partial charge in [0, 0.05) is 17.3 Å². The van der Waals surface area contributed by atoms with Gasteiger partial charge < -0.3 is 14.2 Å². The lowest BCUT2D eigenvalue weighted by Crippen LogP contribution is -1.96. The first kappa shape index (κ1) is 15.9. The van der Waals surface area contributed by atoms with E-state index in [0.717, 1.165) is 22.4 Å². The zero-order valence-corrected chi connectivity index (χ0v) is 13.9. The van der Waals surface area contributed by atoms with Crippen molar-refractivity contribution in [2.45, 2.75) is 0 Å². The highest BCUT2D eigenvalue weighted by Gasteiger charge is 2.14. The fourth-order valence-electron chi connectivity index (χ4n) is 2.59. The summed E-state index contributed by atoms with van der Waals surface area (Å²) in [5, 5.41) is 0. The molecular formula is C20H19NO3. The van der Waals surface area contributed by atoms with Gasteiger partial charge in [-0.1, -0.05) is 36.4 Å². The molecule has 2 aromatic carbocycles. The molecule has 1 aromatic heterocycles. The van der Waals surface area contributed by atoms with Gasteiger partial charge in [0.2, 0.25) is 5.75 Å². The molecule has 0 unspecified atom stereocenters. The van der Waals surface area contributed by atoms with Gasteiger partial charge in [0.05, 0.1) is 27.0 Å². The zero-order valence-electron chi connectivity index (χ0n) is 13.9. The quantitative estimate of drug-likeness (QED) is 0.696. The standard InChI is InChI=1S/C20H19NO3/c1-22-18-11-16(12-19(23-2)20(18)24-3)15-9-10-17(21-13-15)14-7-5-4-6-8-14/h4-13H,1-3H3. The number of rotatable bonds is 5. The fourth-order valence-corrected chi connectivity index (χ4v) is 2.59. The molecule has 0 saturated heterocycles. The molecule has 0 atom stereocenters. The summed E-state index contributed by atoms with van der Waals surface area (Å²) in [6, 6.07) is 18.0. The second-order valence-electron chi connectivity index (χ2n) is 5.21. The second kappa shape index (κ2) is 7.04. The maximum atomic E-state index is 5.41. The van der Waals surface area contributed by atoms with Gasteiger partial charge in [0.1, 0.15) is 0 Å². The van der Waals surface area contributed by atoms with Crippen LogP contribution in [0, 0.1) is 0 Å². The van der Waals surface area contributed by atoms with Crippen molar-refractivity contribution in [1.82, 2.24) is 4.98 Å². The molecular weight excluding hydrogens is 302 g/mol. The number of aromatic nitrogens is 1. The van der Waals surface area contributed by atoms with Crippen LogP contribution in [0.4, 0.5) is 0 Å². The largest absolute Gasteiger partial charge is 0.493 e. The van der Waals surface area contributed by atoms with Crippen molar-refractivity contribution in [2.75, 3.05) is 21.3 Å². The average Bonchev–Trinajstić information content (AvgIpc) is 2.67. The lowest BCUT2D eigenvalue weighted by atomic mass is 10.0. The van der Waals surface area contributed by atoms with Crippen LogP contribution in [0.5, 0.6) is 17.2 Å². The summed E-state index contributed by atoms with van der Waals surface area (Å²) in [6.07, 6.45) is 1.85. The third kappa shape index (κ3) is 3.04. The predicted octanol–water partition coefficient (Wildman–Crippen LogP) is 4.44. The maximum absolute atomic E-state index is 5.41.